The average Bonchev–Trinajstić information content (AvgIpc) is 2.77. The summed E-state index contributed by atoms with van der Waals surface area (Å²) in [6.07, 6.45) is 3.49. The first-order valence-corrected chi connectivity index (χ1v) is 6.12. The maximum absolute atomic E-state index is 10.4. The lowest BCUT2D eigenvalue weighted by molar-refractivity contribution is -0.136. The molecule has 1 aliphatic rings. The smallest absolute Gasteiger partial charge is 0.311 e. The van der Waals surface area contributed by atoms with Crippen molar-refractivity contribution in [3.05, 3.63) is 17.8 Å². The minimum atomic E-state index is -0.880. The highest BCUT2D eigenvalue weighted by Crippen LogP contribution is 2.26. The Morgan fingerprint density at radius 3 is 3.27 bits per heavy atom. The molecule has 1 fully saturated rings. The Morgan fingerprint density at radius 1 is 1.73 bits per heavy atom. The first-order valence-electron chi connectivity index (χ1n) is 4.97. The summed E-state index contributed by atoms with van der Waals surface area (Å²) < 4.78 is 5.36. The molecular weight excluding hydrogens is 214 g/mol. The molecule has 1 atom stereocenters. The number of carboxylic acids is 1. The molecule has 82 valence electrons. The van der Waals surface area contributed by atoms with Gasteiger partial charge in [-0.3, -0.25) is 4.79 Å². The molecule has 4 nitrogen and oxygen atoms in total. The summed E-state index contributed by atoms with van der Waals surface area (Å²) in [5.41, 5.74) is 0. The van der Waals surface area contributed by atoms with E-state index >= 15 is 0 Å². The van der Waals surface area contributed by atoms with Crippen molar-refractivity contribution in [3.63, 3.8) is 0 Å². The summed E-state index contributed by atoms with van der Waals surface area (Å²) in [5, 5.41) is 8.57. The molecule has 0 radical (unpaired) electrons. The molecule has 0 aromatic carbocycles. The van der Waals surface area contributed by atoms with Gasteiger partial charge in [-0.05, 0) is 23.8 Å². The van der Waals surface area contributed by atoms with Gasteiger partial charge < -0.3 is 9.52 Å². The quantitative estimate of drug-likeness (QED) is 0.846. The van der Waals surface area contributed by atoms with Gasteiger partial charge in [-0.15, -0.1) is 0 Å². The van der Waals surface area contributed by atoms with Gasteiger partial charge >= 0.3 is 5.97 Å². The van der Waals surface area contributed by atoms with Crippen molar-refractivity contribution in [3.8, 4) is 0 Å². The molecule has 1 saturated heterocycles. The molecule has 1 aromatic rings. The number of rotatable bonds is 4. The van der Waals surface area contributed by atoms with Gasteiger partial charge in [0.25, 0.3) is 0 Å². The minimum Gasteiger partial charge on any atom is -0.481 e. The van der Waals surface area contributed by atoms with Crippen LogP contribution in [-0.4, -0.2) is 27.6 Å². The molecule has 0 bridgehead atoms. The molecular formula is C10H13NO3S. The number of carbonyl (C=O) groups is 1. The van der Waals surface area contributed by atoms with Gasteiger partial charge in [-0.25, -0.2) is 4.98 Å². The number of hydrogen-bond donors (Lipinski definition) is 1. The molecule has 0 aliphatic carbocycles. The number of aromatic nitrogens is 1. The summed E-state index contributed by atoms with van der Waals surface area (Å²) in [5.74, 6) is 3.27. The van der Waals surface area contributed by atoms with E-state index in [9.17, 15) is 4.79 Å². The van der Waals surface area contributed by atoms with Crippen LogP contribution in [-0.2, 0) is 17.6 Å². The van der Waals surface area contributed by atoms with Crippen LogP contribution >= 0.6 is 11.8 Å². The van der Waals surface area contributed by atoms with E-state index in [0.717, 1.165) is 12.2 Å². The van der Waals surface area contributed by atoms with Crippen LogP contribution < -0.4 is 0 Å². The van der Waals surface area contributed by atoms with E-state index in [1.807, 2.05) is 11.8 Å². The van der Waals surface area contributed by atoms with Crippen LogP contribution in [0.3, 0.4) is 0 Å². The van der Waals surface area contributed by atoms with Gasteiger partial charge in [0.15, 0.2) is 5.89 Å². The first-order chi connectivity index (χ1) is 7.24. The Labute approximate surface area is 92.1 Å². The fourth-order valence-electron chi connectivity index (χ4n) is 1.66. The zero-order chi connectivity index (χ0) is 10.7. The Hall–Kier alpha value is -0.970. The molecule has 15 heavy (non-hydrogen) atoms. The minimum absolute atomic E-state index is 0.0770. The highest BCUT2D eigenvalue weighted by molar-refractivity contribution is 7.99. The summed E-state index contributed by atoms with van der Waals surface area (Å²) in [6, 6.07) is 0. The van der Waals surface area contributed by atoms with E-state index in [-0.39, 0.29) is 6.42 Å². The van der Waals surface area contributed by atoms with E-state index < -0.39 is 5.97 Å². The lowest BCUT2D eigenvalue weighted by Gasteiger charge is -2.02. The van der Waals surface area contributed by atoms with Gasteiger partial charge in [0.1, 0.15) is 12.2 Å². The van der Waals surface area contributed by atoms with Crippen LogP contribution in [0.5, 0.6) is 0 Å². The number of nitrogens with zero attached hydrogens (tertiary/aromatic N) is 1. The number of hydrogen-bond acceptors (Lipinski definition) is 4. The molecule has 1 aliphatic heterocycles. The Kier molecular flexibility index (Phi) is 3.30. The number of aliphatic carboxylic acids is 1. The second kappa shape index (κ2) is 4.70. The predicted molar refractivity (Wildman–Crippen MR) is 57.0 cm³/mol. The van der Waals surface area contributed by atoms with Gasteiger partial charge in [0.2, 0.25) is 0 Å². The monoisotopic (exact) mass is 227 g/mol. The zero-order valence-corrected chi connectivity index (χ0v) is 9.13. The van der Waals surface area contributed by atoms with Crippen molar-refractivity contribution in [1.29, 1.82) is 0 Å². The maximum Gasteiger partial charge on any atom is 0.311 e. The molecule has 1 unspecified atom stereocenters. The van der Waals surface area contributed by atoms with Crippen LogP contribution in [0, 0.1) is 5.92 Å². The van der Waals surface area contributed by atoms with E-state index in [2.05, 4.69) is 4.98 Å². The standard InChI is InChI=1S/C10H13NO3S/c12-10(13)4-8-5-11-9(14-8)3-7-1-2-15-6-7/h5,7H,1-4,6H2,(H,12,13). The third kappa shape index (κ3) is 2.99. The van der Waals surface area contributed by atoms with Crippen molar-refractivity contribution < 1.29 is 14.3 Å². The Balaban J connectivity index is 1.91. The maximum atomic E-state index is 10.4. The third-order valence-corrected chi connectivity index (χ3v) is 3.65. The largest absolute Gasteiger partial charge is 0.481 e. The van der Waals surface area contributed by atoms with Gasteiger partial charge in [-0.2, -0.15) is 11.8 Å². The summed E-state index contributed by atoms with van der Waals surface area (Å²) in [6.45, 7) is 0. The topological polar surface area (TPSA) is 63.3 Å². The van der Waals surface area contributed by atoms with E-state index in [0.29, 0.717) is 17.6 Å². The molecule has 1 N–H and O–H groups in total. The summed E-state index contributed by atoms with van der Waals surface area (Å²) in [4.78, 5) is 14.5. The second-order valence-corrected chi connectivity index (χ2v) is 4.87. The molecule has 2 heterocycles. The van der Waals surface area contributed by atoms with Crippen LogP contribution in [0.1, 0.15) is 18.1 Å². The lowest BCUT2D eigenvalue weighted by atomic mass is 10.1. The molecule has 2 rings (SSSR count). The fraction of sp³-hybridized carbons (Fsp3) is 0.600. The SMILES string of the molecule is O=C(O)Cc1cnc(CC2CCSC2)o1. The number of thioether (sulfide) groups is 1. The van der Waals surface area contributed by atoms with E-state index in [4.69, 9.17) is 9.52 Å². The normalized spacial score (nSPS) is 20.7. The van der Waals surface area contributed by atoms with Gasteiger partial charge in [0.05, 0.1) is 6.20 Å². The number of carboxylic acid groups (broad SMARTS) is 1. The van der Waals surface area contributed by atoms with Crippen molar-refractivity contribution in [2.75, 3.05) is 11.5 Å². The predicted octanol–water partition coefficient (Wildman–Crippen LogP) is 1.60. The van der Waals surface area contributed by atoms with Crippen molar-refractivity contribution >= 4 is 17.7 Å². The fourth-order valence-corrected chi connectivity index (χ4v) is 2.95. The molecule has 0 spiro atoms. The molecule has 5 heteroatoms. The highest BCUT2D eigenvalue weighted by atomic mass is 32.2. The van der Waals surface area contributed by atoms with Crippen LogP contribution in [0.4, 0.5) is 0 Å². The zero-order valence-electron chi connectivity index (χ0n) is 8.31. The molecule has 0 amide bonds. The van der Waals surface area contributed by atoms with Crippen LogP contribution in [0.15, 0.2) is 10.6 Å². The second-order valence-electron chi connectivity index (χ2n) is 3.72. The first kappa shape index (κ1) is 10.5. The molecule has 0 saturated carbocycles. The third-order valence-electron chi connectivity index (χ3n) is 2.41. The van der Waals surface area contributed by atoms with Crippen molar-refractivity contribution in [1.82, 2.24) is 4.98 Å². The lowest BCUT2D eigenvalue weighted by Crippen LogP contribution is -2.02. The highest BCUT2D eigenvalue weighted by Gasteiger charge is 2.18. The van der Waals surface area contributed by atoms with Gasteiger partial charge in [-0.1, -0.05) is 0 Å². The van der Waals surface area contributed by atoms with E-state index in [1.54, 1.807) is 0 Å². The van der Waals surface area contributed by atoms with Gasteiger partial charge in [0, 0.05) is 6.42 Å². The van der Waals surface area contributed by atoms with Crippen LogP contribution in [0.25, 0.3) is 0 Å². The summed E-state index contributed by atoms with van der Waals surface area (Å²) in [7, 11) is 0. The average molecular weight is 227 g/mol. The Morgan fingerprint density at radius 2 is 2.60 bits per heavy atom. The molecule has 1 aromatic heterocycles. The van der Waals surface area contributed by atoms with E-state index in [1.165, 1.54) is 18.4 Å². The van der Waals surface area contributed by atoms with Crippen LogP contribution in [0.2, 0.25) is 0 Å². The Bertz CT molecular complexity index is 344. The van der Waals surface area contributed by atoms with Crippen molar-refractivity contribution in [2.45, 2.75) is 19.3 Å². The van der Waals surface area contributed by atoms with Crippen molar-refractivity contribution in [2.24, 2.45) is 5.92 Å². The number of oxazole rings is 1. The summed E-state index contributed by atoms with van der Waals surface area (Å²) >= 11 is 1.96.